The highest BCUT2D eigenvalue weighted by Gasteiger charge is 2.25. The lowest BCUT2D eigenvalue weighted by Crippen LogP contribution is -2.23. The first-order chi connectivity index (χ1) is 12.8. The van der Waals surface area contributed by atoms with Gasteiger partial charge in [-0.25, -0.2) is 9.97 Å². The van der Waals surface area contributed by atoms with Crippen LogP contribution in [0.25, 0.3) is 0 Å². The molecule has 26 heavy (non-hydrogen) atoms. The minimum atomic E-state index is -0.136. The molecule has 1 aromatic heterocycles. The molecule has 0 aliphatic heterocycles. The van der Waals surface area contributed by atoms with E-state index < -0.39 is 0 Å². The fourth-order valence-electron chi connectivity index (χ4n) is 2.69. The smallest absolute Gasteiger partial charge is 0.251 e. The Morgan fingerprint density at radius 2 is 1.73 bits per heavy atom. The van der Waals surface area contributed by atoms with E-state index in [2.05, 4.69) is 15.3 Å². The Labute approximate surface area is 152 Å². The predicted molar refractivity (Wildman–Crippen MR) is 98.1 cm³/mol. The van der Waals surface area contributed by atoms with E-state index in [9.17, 15) is 4.79 Å². The van der Waals surface area contributed by atoms with Crippen LogP contribution >= 0.6 is 0 Å². The van der Waals surface area contributed by atoms with Gasteiger partial charge in [-0.05, 0) is 55.3 Å². The standard InChI is InChI=1S/C21H19N3O2/c25-21(22-13-17-12-20(15-6-7-15)24-14-23-17)16-8-10-19(11-9-16)26-18-4-2-1-3-5-18/h1-5,8-12,14-15H,6-7,13H2,(H,22,25). The van der Waals surface area contributed by atoms with Gasteiger partial charge < -0.3 is 10.1 Å². The average Bonchev–Trinajstić information content (AvgIpc) is 3.53. The van der Waals surface area contributed by atoms with Gasteiger partial charge >= 0.3 is 0 Å². The number of nitrogens with one attached hydrogen (secondary N) is 1. The van der Waals surface area contributed by atoms with Crippen LogP contribution < -0.4 is 10.1 Å². The maximum atomic E-state index is 12.3. The monoisotopic (exact) mass is 345 g/mol. The van der Waals surface area contributed by atoms with Gasteiger partial charge in [-0.1, -0.05) is 18.2 Å². The van der Waals surface area contributed by atoms with Gasteiger partial charge in [0.05, 0.1) is 12.2 Å². The molecule has 0 saturated heterocycles. The predicted octanol–water partition coefficient (Wildman–Crippen LogP) is 4.08. The lowest BCUT2D eigenvalue weighted by atomic mass is 10.2. The van der Waals surface area contributed by atoms with Crippen molar-refractivity contribution in [2.45, 2.75) is 25.3 Å². The van der Waals surface area contributed by atoms with Crippen molar-refractivity contribution >= 4 is 5.91 Å². The Morgan fingerprint density at radius 3 is 2.46 bits per heavy atom. The number of aromatic nitrogens is 2. The van der Waals surface area contributed by atoms with Crippen molar-refractivity contribution in [3.63, 3.8) is 0 Å². The number of hydrogen-bond acceptors (Lipinski definition) is 4. The van der Waals surface area contributed by atoms with Crippen molar-refractivity contribution in [2.75, 3.05) is 0 Å². The molecule has 130 valence electrons. The van der Waals surface area contributed by atoms with Gasteiger partial charge in [-0.3, -0.25) is 4.79 Å². The molecule has 5 nitrogen and oxygen atoms in total. The molecule has 1 heterocycles. The number of benzene rings is 2. The molecule has 5 heteroatoms. The molecule has 0 bridgehead atoms. The lowest BCUT2D eigenvalue weighted by Gasteiger charge is -2.08. The lowest BCUT2D eigenvalue weighted by molar-refractivity contribution is 0.0950. The van der Waals surface area contributed by atoms with Crippen LogP contribution in [0.3, 0.4) is 0 Å². The summed E-state index contributed by atoms with van der Waals surface area (Å²) in [6.07, 6.45) is 3.96. The summed E-state index contributed by atoms with van der Waals surface area (Å²) in [5, 5.41) is 2.90. The molecule has 1 amide bonds. The van der Waals surface area contributed by atoms with Crippen molar-refractivity contribution in [1.82, 2.24) is 15.3 Å². The number of ether oxygens (including phenoxy) is 1. The van der Waals surface area contributed by atoms with Gasteiger partial charge in [0.1, 0.15) is 17.8 Å². The summed E-state index contributed by atoms with van der Waals surface area (Å²) in [7, 11) is 0. The average molecular weight is 345 g/mol. The molecule has 0 unspecified atom stereocenters. The summed E-state index contributed by atoms with van der Waals surface area (Å²) in [6.45, 7) is 0.392. The minimum absolute atomic E-state index is 0.136. The number of rotatable bonds is 6. The number of carbonyl (C=O) groups is 1. The topological polar surface area (TPSA) is 64.1 Å². The van der Waals surface area contributed by atoms with E-state index >= 15 is 0 Å². The van der Waals surface area contributed by atoms with E-state index in [4.69, 9.17) is 4.74 Å². The van der Waals surface area contributed by atoms with Crippen molar-refractivity contribution in [2.24, 2.45) is 0 Å². The zero-order valence-corrected chi connectivity index (χ0v) is 14.3. The van der Waals surface area contributed by atoms with Crippen LogP contribution in [-0.2, 0) is 6.54 Å². The third-order valence-electron chi connectivity index (χ3n) is 4.27. The molecule has 1 aliphatic carbocycles. The number of hydrogen-bond donors (Lipinski definition) is 1. The van der Waals surface area contributed by atoms with Gasteiger partial charge in [-0.2, -0.15) is 0 Å². The molecule has 3 aromatic rings. The van der Waals surface area contributed by atoms with E-state index in [1.165, 1.54) is 12.8 Å². The van der Waals surface area contributed by atoms with E-state index in [1.807, 2.05) is 36.4 Å². The molecule has 1 N–H and O–H groups in total. The second kappa shape index (κ2) is 7.35. The van der Waals surface area contributed by atoms with Gasteiger partial charge in [0.2, 0.25) is 0 Å². The maximum Gasteiger partial charge on any atom is 0.251 e. The van der Waals surface area contributed by atoms with Gasteiger partial charge in [0.25, 0.3) is 5.91 Å². The van der Waals surface area contributed by atoms with Crippen molar-refractivity contribution in [3.05, 3.63) is 83.9 Å². The highest BCUT2D eigenvalue weighted by atomic mass is 16.5. The van der Waals surface area contributed by atoms with E-state index in [-0.39, 0.29) is 5.91 Å². The molecule has 0 spiro atoms. The third-order valence-corrected chi connectivity index (χ3v) is 4.27. The highest BCUT2D eigenvalue weighted by Crippen LogP contribution is 2.38. The van der Waals surface area contributed by atoms with E-state index in [1.54, 1.807) is 30.6 Å². The number of para-hydroxylation sites is 1. The highest BCUT2D eigenvalue weighted by molar-refractivity contribution is 5.94. The Hall–Kier alpha value is -3.21. The molecular weight excluding hydrogens is 326 g/mol. The second-order valence-electron chi connectivity index (χ2n) is 6.33. The van der Waals surface area contributed by atoms with Crippen molar-refractivity contribution < 1.29 is 9.53 Å². The minimum Gasteiger partial charge on any atom is -0.457 e. The largest absolute Gasteiger partial charge is 0.457 e. The van der Waals surface area contributed by atoms with Crippen LogP contribution in [0.2, 0.25) is 0 Å². The second-order valence-corrected chi connectivity index (χ2v) is 6.33. The van der Waals surface area contributed by atoms with Gasteiger partial charge in [0, 0.05) is 17.2 Å². The third kappa shape index (κ3) is 4.06. The van der Waals surface area contributed by atoms with Gasteiger partial charge in [-0.15, -0.1) is 0 Å². The first kappa shape index (κ1) is 16.3. The fraction of sp³-hybridized carbons (Fsp3) is 0.190. The summed E-state index contributed by atoms with van der Waals surface area (Å²) >= 11 is 0. The molecule has 1 saturated carbocycles. The SMILES string of the molecule is O=C(NCc1cc(C2CC2)ncn1)c1ccc(Oc2ccccc2)cc1. The summed E-state index contributed by atoms with van der Waals surface area (Å²) in [4.78, 5) is 20.8. The molecular formula is C21H19N3O2. The summed E-state index contributed by atoms with van der Waals surface area (Å²) in [6, 6.07) is 18.6. The Balaban J connectivity index is 1.35. The van der Waals surface area contributed by atoms with Crippen LogP contribution in [0.4, 0.5) is 0 Å². The molecule has 0 radical (unpaired) electrons. The van der Waals surface area contributed by atoms with Crippen LogP contribution in [-0.4, -0.2) is 15.9 Å². The first-order valence-corrected chi connectivity index (χ1v) is 8.70. The van der Waals surface area contributed by atoms with Crippen LogP contribution in [0.1, 0.15) is 40.5 Å². The molecule has 1 aliphatic rings. The summed E-state index contributed by atoms with van der Waals surface area (Å²) < 4.78 is 5.74. The Bertz CT molecular complexity index is 891. The molecule has 1 fully saturated rings. The van der Waals surface area contributed by atoms with Gasteiger partial charge in [0.15, 0.2) is 0 Å². The normalized spacial score (nSPS) is 13.2. The molecule has 0 atom stereocenters. The molecule has 4 rings (SSSR count). The Kier molecular flexibility index (Phi) is 4.60. The summed E-state index contributed by atoms with van der Waals surface area (Å²) in [5.41, 5.74) is 2.49. The molecule has 2 aromatic carbocycles. The van der Waals surface area contributed by atoms with E-state index in [0.717, 1.165) is 17.1 Å². The van der Waals surface area contributed by atoms with Crippen molar-refractivity contribution in [1.29, 1.82) is 0 Å². The maximum absolute atomic E-state index is 12.3. The first-order valence-electron chi connectivity index (χ1n) is 8.70. The number of nitrogens with zero attached hydrogens (tertiary/aromatic N) is 2. The van der Waals surface area contributed by atoms with Crippen LogP contribution in [0, 0.1) is 0 Å². The van der Waals surface area contributed by atoms with E-state index in [0.29, 0.717) is 23.8 Å². The number of carbonyl (C=O) groups excluding carboxylic acids is 1. The quantitative estimate of drug-likeness (QED) is 0.731. The zero-order chi connectivity index (χ0) is 17.8. The fourth-order valence-corrected chi connectivity index (χ4v) is 2.69. The van der Waals surface area contributed by atoms with Crippen LogP contribution in [0.15, 0.2) is 67.0 Å². The van der Waals surface area contributed by atoms with Crippen LogP contribution in [0.5, 0.6) is 11.5 Å². The van der Waals surface area contributed by atoms with Crippen molar-refractivity contribution in [3.8, 4) is 11.5 Å². The number of amides is 1. The zero-order valence-electron chi connectivity index (χ0n) is 14.3. The Morgan fingerprint density at radius 1 is 1.00 bits per heavy atom. The summed E-state index contributed by atoms with van der Waals surface area (Å²) in [5.74, 6) is 1.89.